The molecule has 2 N–H and O–H groups in total. The fraction of sp³-hybridized carbons (Fsp3) is 0.440. The van der Waals surface area contributed by atoms with Gasteiger partial charge in [-0.15, -0.1) is 0 Å². The number of carbonyl (C=O) groups excluding carboxylic acids is 3. The van der Waals surface area contributed by atoms with E-state index in [0.29, 0.717) is 31.6 Å². The highest BCUT2D eigenvalue weighted by Crippen LogP contribution is 2.13. The molecule has 0 aliphatic rings. The first-order chi connectivity index (χ1) is 15.6. The lowest BCUT2D eigenvalue weighted by atomic mass is 10.1. The second-order valence-corrected chi connectivity index (χ2v) is 8.91. The zero-order valence-corrected chi connectivity index (χ0v) is 19.8. The Morgan fingerprint density at radius 1 is 1.09 bits per heavy atom. The van der Waals surface area contributed by atoms with Crippen molar-refractivity contribution < 1.29 is 19.1 Å². The molecule has 0 aliphatic heterocycles. The highest BCUT2D eigenvalue weighted by molar-refractivity contribution is 5.94. The van der Waals surface area contributed by atoms with Crippen molar-refractivity contribution in [1.82, 2.24) is 20.5 Å². The molecule has 1 unspecified atom stereocenters. The van der Waals surface area contributed by atoms with Gasteiger partial charge < -0.3 is 20.3 Å². The molecule has 2 aromatic rings. The maximum atomic E-state index is 12.6. The van der Waals surface area contributed by atoms with Crippen LogP contribution in [0.3, 0.4) is 0 Å². The average Bonchev–Trinajstić information content (AvgIpc) is 2.75. The Hall–Kier alpha value is -3.42. The number of pyridine rings is 1. The number of rotatable bonds is 10. The Bertz CT molecular complexity index is 898. The summed E-state index contributed by atoms with van der Waals surface area (Å²) in [6.45, 7) is 8.47. The largest absolute Gasteiger partial charge is 0.444 e. The molecule has 0 radical (unpaired) electrons. The third-order valence-corrected chi connectivity index (χ3v) is 4.58. The van der Waals surface area contributed by atoms with Crippen molar-refractivity contribution in [3.63, 3.8) is 0 Å². The van der Waals surface area contributed by atoms with Crippen LogP contribution >= 0.6 is 0 Å². The second-order valence-electron chi connectivity index (χ2n) is 8.91. The summed E-state index contributed by atoms with van der Waals surface area (Å²) in [4.78, 5) is 42.8. The summed E-state index contributed by atoms with van der Waals surface area (Å²) in [5.74, 6) is -0.369. The summed E-state index contributed by atoms with van der Waals surface area (Å²) < 4.78 is 5.52. The summed E-state index contributed by atoms with van der Waals surface area (Å²) in [5, 5.41) is 5.68. The Labute approximate surface area is 195 Å². The molecule has 8 nitrogen and oxygen atoms in total. The highest BCUT2D eigenvalue weighted by atomic mass is 16.6. The second kappa shape index (κ2) is 12.6. The van der Waals surface area contributed by atoms with Gasteiger partial charge in [0, 0.05) is 43.5 Å². The van der Waals surface area contributed by atoms with Crippen LogP contribution in [-0.4, -0.2) is 52.5 Å². The van der Waals surface area contributed by atoms with E-state index in [1.54, 1.807) is 48.5 Å². The molecular weight excluding hydrogens is 420 g/mol. The van der Waals surface area contributed by atoms with Crippen molar-refractivity contribution in [2.24, 2.45) is 0 Å². The molecule has 1 atom stereocenters. The van der Waals surface area contributed by atoms with E-state index in [1.807, 2.05) is 39.0 Å². The van der Waals surface area contributed by atoms with Gasteiger partial charge in [-0.3, -0.25) is 14.6 Å². The number of nitrogens with zero attached hydrogens (tertiary/aromatic N) is 2. The van der Waals surface area contributed by atoms with E-state index >= 15 is 0 Å². The van der Waals surface area contributed by atoms with Crippen LogP contribution in [0.25, 0.3) is 0 Å². The van der Waals surface area contributed by atoms with E-state index in [2.05, 4.69) is 15.6 Å². The molecule has 0 saturated heterocycles. The van der Waals surface area contributed by atoms with Crippen LogP contribution < -0.4 is 10.6 Å². The van der Waals surface area contributed by atoms with Crippen LogP contribution in [0.1, 0.15) is 56.5 Å². The lowest BCUT2D eigenvalue weighted by Crippen LogP contribution is -2.39. The van der Waals surface area contributed by atoms with E-state index in [9.17, 15) is 14.4 Å². The summed E-state index contributed by atoms with van der Waals surface area (Å²) in [7, 11) is 0. The van der Waals surface area contributed by atoms with Crippen LogP contribution in [0.2, 0.25) is 0 Å². The van der Waals surface area contributed by atoms with Gasteiger partial charge >= 0.3 is 6.09 Å². The quantitative estimate of drug-likeness (QED) is 0.535. The molecule has 1 aromatic carbocycles. The molecule has 2 rings (SSSR count). The molecule has 1 aromatic heterocycles. The van der Waals surface area contributed by atoms with Crippen molar-refractivity contribution in [3.05, 3.63) is 66.0 Å². The Balaban J connectivity index is 1.78. The van der Waals surface area contributed by atoms with Gasteiger partial charge in [0.1, 0.15) is 5.60 Å². The highest BCUT2D eigenvalue weighted by Gasteiger charge is 2.22. The van der Waals surface area contributed by atoms with Gasteiger partial charge in [-0.05, 0) is 57.9 Å². The Kier molecular flexibility index (Phi) is 9.84. The zero-order chi connectivity index (χ0) is 24.3. The minimum absolute atomic E-state index is 0.160. The van der Waals surface area contributed by atoms with Gasteiger partial charge in [0.2, 0.25) is 5.91 Å². The number of benzene rings is 1. The number of hydrogen-bond donors (Lipinski definition) is 2. The van der Waals surface area contributed by atoms with Crippen molar-refractivity contribution in [3.8, 4) is 0 Å². The van der Waals surface area contributed by atoms with Crippen LogP contribution in [0.15, 0.2) is 54.9 Å². The average molecular weight is 455 g/mol. The Morgan fingerprint density at radius 3 is 2.45 bits per heavy atom. The molecule has 0 bridgehead atoms. The van der Waals surface area contributed by atoms with Crippen molar-refractivity contribution >= 4 is 17.9 Å². The number of hydrogen-bond acceptors (Lipinski definition) is 5. The maximum absolute atomic E-state index is 12.6. The molecule has 3 amide bonds. The lowest BCUT2D eigenvalue weighted by Gasteiger charge is -2.27. The topological polar surface area (TPSA) is 101 Å². The normalized spacial score (nSPS) is 11.9. The lowest BCUT2D eigenvalue weighted by molar-refractivity contribution is -0.121. The molecule has 178 valence electrons. The first kappa shape index (κ1) is 25.8. The van der Waals surface area contributed by atoms with Crippen molar-refractivity contribution in [1.29, 1.82) is 0 Å². The third kappa shape index (κ3) is 10.2. The molecule has 0 saturated carbocycles. The smallest absolute Gasteiger partial charge is 0.410 e. The Morgan fingerprint density at radius 2 is 1.82 bits per heavy atom. The maximum Gasteiger partial charge on any atom is 0.410 e. The summed E-state index contributed by atoms with van der Waals surface area (Å²) in [6.07, 6.45) is 3.72. The van der Waals surface area contributed by atoms with Crippen molar-refractivity contribution in [2.75, 3.05) is 13.1 Å². The first-order valence-corrected chi connectivity index (χ1v) is 11.1. The van der Waals surface area contributed by atoms with Gasteiger partial charge in [0.25, 0.3) is 5.91 Å². The van der Waals surface area contributed by atoms with Crippen LogP contribution in [-0.2, 0) is 16.1 Å². The van der Waals surface area contributed by atoms with E-state index in [0.717, 1.165) is 5.56 Å². The van der Waals surface area contributed by atoms with Gasteiger partial charge in [-0.1, -0.05) is 24.3 Å². The summed E-state index contributed by atoms with van der Waals surface area (Å²) >= 11 is 0. The summed E-state index contributed by atoms with van der Waals surface area (Å²) in [6, 6.07) is 12.3. The van der Waals surface area contributed by atoms with Gasteiger partial charge in [-0.25, -0.2) is 4.79 Å². The minimum Gasteiger partial charge on any atom is -0.444 e. The van der Waals surface area contributed by atoms with Crippen molar-refractivity contribution in [2.45, 2.75) is 58.7 Å². The third-order valence-electron chi connectivity index (χ3n) is 4.58. The van der Waals surface area contributed by atoms with Crippen LogP contribution in [0.5, 0.6) is 0 Å². The van der Waals surface area contributed by atoms with Gasteiger partial charge in [-0.2, -0.15) is 0 Å². The predicted octanol–water partition coefficient (Wildman–Crippen LogP) is 3.53. The number of carbonyl (C=O) groups is 3. The predicted molar refractivity (Wildman–Crippen MR) is 126 cm³/mol. The molecule has 8 heteroatoms. The van der Waals surface area contributed by atoms with E-state index in [4.69, 9.17) is 4.74 Å². The van der Waals surface area contributed by atoms with Crippen LogP contribution in [0.4, 0.5) is 4.79 Å². The SMILES string of the molecule is CC(CC(=O)NCCCN(Cc1cccnc1)C(=O)OC(C)(C)C)NC(=O)c1ccccc1. The summed E-state index contributed by atoms with van der Waals surface area (Å²) in [5.41, 5.74) is 0.856. The van der Waals surface area contributed by atoms with E-state index in [-0.39, 0.29) is 24.3 Å². The fourth-order valence-electron chi connectivity index (χ4n) is 3.07. The van der Waals surface area contributed by atoms with E-state index in [1.165, 1.54) is 0 Å². The zero-order valence-electron chi connectivity index (χ0n) is 19.8. The fourth-order valence-corrected chi connectivity index (χ4v) is 3.07. The molecule has 0 aliphatic carbocycles. The molecule has 1 heterocycles. The molecule has 0 spiro atoms. The van der Waals surface area contributed by atoms with Crippen LogP contribution in [0, 0.1) is 0 Å². The molecule has 0 fully saturated rings. The minimum atomic E-state index is -0.598. The van der Waals surface area contributed by atoms with Gasteiger partial charge in [0.15, 0.2) is 0 Å². The standard InChI is InChI=1S/C25H34N4O4/c1-19(28-23(31)21-11-6-5-7-12-21)16-22(30)27-14-9-15-29(24(32)33-25(2,3)4)18-20-10-8-13-26-17-20/h5-8,10-13,17,19H,9,14-16,18H2,1-4H3,(H,27,30)(H,28,31). The van der Waals surface area contributed by atoms with Gasteiger partial charge in [0.05, 0.1) is 6.54 Å². The number of nitrogens with one attached hydrogen (secondary N) is 2. The molecule has 33 heavy (non-hydrogen) atoms. The number of ether oxygens (including phenoxy) is 1. The van der Waals surface area contributed by atoms with E-state index < -0.39 is 11.7 Å². The first-order valence-electron chi connectivity index (χ1n) is 11.1. The monoisotopic (exact) mass is 454 g/mol. The number of amides is 3. The number of aromatic nitrogens is 1. The molecular formula is C25H34N4O4.